The highest BCUT2D eigenvalue weighted by Crippen LogP contribution is 2.14. The van der Waals surface area contributed by atoms with Gasteiger partial charge in [0.15, 0.2) is 0 Å². The lowest BCUT2D eigenvalue weighted by Crippen LogP contribution is -2.47. The van der Waals surface area contributed by atoms with Crippen LogP contribution in [0.5, 0.6) is 0 Å². The van der Waals surface area contributed by atoms with Gasteiger partial charge in [-0.2, -0.15) is 0 Å². The van der Waals surface area contributed by atoms with E-state index in [0.717, 1.165) is 0 Å². The zero-order valence-electron chi connectivity index (χ0n) is 8.39. The molecule has 0 saturated carbocycles. The normalized spacial score (nSPS) is 15.8. The van der Waals surface area contributed by atoms with Gasteiger partial charge in [0.1, 0.15) is 5.54 Å². The minimum atomic E-state index is -0.829. The summed E-state index contributed by atoms with van der Waals surface area (Å²) in [5.74, 6) is 0.100. The topological polar surface area (TPSA) is 52.3 Å². The summed E-state index contributed by atoms with van der Waals surface area (Å²) in [6, 6.07) is 0. The molecule has 0 aliphatic carbocycles. The van der Waals surface area contributed by atoms with Gasteiger partial charge in [-0.05, 0) is 26.2 Å². The van der Waals surface area contributed by atoms with Crippen molar-refractivity contribution in [3.05, 3.63) is 0 Å². The van der Waals surface area contributed by atoms with Crippen LogP contribution in [0, 0.1) is 5.92 Å². The average molecular weight is 173 g/mol. The lowest BCUT2D eigenvalue weighted by Gasteiger charge is -2.23. The molecule has 0 radical (unpaired) electrons. The summed E-state index contributed by atoms with van der Waals surface area (Å²) in [6.45, 7) is 7.95. The van der Waals surface area contributed by atoms with Gasteiger partial charge in [0.05, 0.1) is 6.61 Å². The van der Waals surface area contributed by atoms with E-state index in [0.29, 0.717) is 18.9 Å². The Morgan fingerprint density at radius 3 is 2.42 bits per heavy atom. The zero-order valence-corrected chi connectivity index (χ0v) is 8.39. The van der Waals surface area contributed by atoms with Crippen molar-refractivity contribution < 1.29 is 9.53 Å². The molecule has 0 saturated heterocycles. The Morgan fingerprint density at radius 1 is 1.58 bits per heavy atom. The maximum Gasteiger partial charge on any atom is 0.325 e. The van der Waals surface area contributed by atoms with E-state index in [1.165, 1.54) is 0 Å². The van der Waals surface area contributed by atoms with Gasteiger partial charge in [-0.25, -0.2) is 0 Å². The Balaban J connectivity index is 4.09. The number of nitrogens with two attached hydrogens (primary N) is 1. The van der Waals surface area contributed by atoms with Crippen LogP contribution < -0.4 is 5.73 Å². The highest BCUT2D eigenvalue weighted by Gasteiger charge is 2.30. The number of esters is 1. The fourth-order valence-electron chi connectivity index (χ4n) is 1.23. The van der Waals surface area contributed by atoms with E-state index in [4.69, 9.17) is 10.5 Å². The van der Waals surface area contributed by atoms with E-state index in [-0.39, 0.29) is 5.97 Å². The number of hydrogen-bond donors (Lipinski definition) is 1. The lowest BCUT2D eigenvalue weighted by molar-refractivity contribution is -0.149. The summed E-state index contributed by atoms with van der Waals surface area (Å²) < 4.78 is 4.84. The molecule has 0 aromatic heterocycles. The molecule has 0 bridgehead atoms. The molecule has 0 spiro atoms. The van der Waals surface area contributed by atoms with Crippen molar-refractivity contribution in [3.63, 3.8) is 0 Å². The van der Waals surface area contributed by atoms with Crippen LogP contribution in [0.4, 0.5) is 0 Å². The van der Waals surface area contributed by atoms with Gasteiger partial charge in [0.25, 0.3) is 0 Å². The second-order valence-electron chi connectivity index (χ2n) is 3.74. The maximum absolute atomic E-state index is 11.3. The predicted octanol–water partition coefficient (Wildman–Crippen LogP) is 1.31. The fraction of sp³-hybridized carbons (Fsp3) is 0.889. The molecule has 0 amide bonds. The van der Waals surface area contributed by atoms with E-state index < -0.39 is 5.54 Å². The molecule has 0 unspecified atom stereocenters. The zero-order chi connectivity index (χ0) is 9.78. The molecule has 0 heterocycles. The first-order chi connectivity index (χ1) is 5.40. The Kier molecular flexibility index (Phi) is 4.24. The molecule has 0 fully saturated rings. The maximum atomic E-state index is 11.3. The van der Waals surface area contributed by atoms with Gasteiger partial charge >= 0.3 is 5.97 Å². The first-order valence-electron chi connectivity index (χ1n) is 4.36. The Bertz CT molecular complexity index is 153. The molecule has 0 rings (SSSR count). The van der Waals surface area contributed by atoms with E-state index in [2.05, 4.69) is 0 Å². The lowest BCUT2D eigenvalue weighted by atomic mass is 9.92. The van der Waals surface area contributed by atoms with Gasteiger partial charge in [0, 0.05) is 0 Å². The number of carbonyl (C=O) groups excluding carboxylic acids is 1. The summed E-state index contributed by atoms with van der Waals surface area (Å²) in [7, 11) is 0. The molecule has 3 nitrogen and oxygen atoms in total. The molecule has 0 aromatic rings. The third-order valence-corrected chi connectivity index (χ3v) is 1.57. The van der Waals surface area contributed by atoms with Crippen LogP contribution in [0.1, 0.15) is 34.1 Å². The van der Waals surface area contributed by atoms with Crippen molar-refractivity contribution in [2.75, 3.05) is 6.61 Å². The van der Waals surface area contributed by atoms with Crippen molar-refractivity contribution >= 4 is 5.97 Å². The van der Waals surface area contributed by atoms with E-state index in [1.54, 1.807) is 13.8 Å². The molecule has 1 atom stereocenters. The third-order valence-electron chi connectivity index (χ3n) is 1.57. The van der Waals surface area contributed by atoms with E-state index in [1.807, 2.05) is 13.8 Å². The predicted molar refractivity (Wildman–Crippen MR) is 48.7 cm³/mol. The smallest absolute Gasteiger partial charge is 0.325 e. The molecule has 0 aromatic carbocycles. The van der Waals surface area contributed by atoms with Crippen molar-refractivity contribution in [2.45, 2.75) is 39.7 Å². The summed E-state index contributed by atoms with van der Waals surface area (Å²) in [5, 5.41) is 0. The van der Waals surface area contributed by atoms with Gasteiger partial charge in [-0.3, -0.25) is 4.79 Å². The molecule has 2 N–H and O–H groups in total. The summed E-state index contributed by atoms with van der Waals surface area (Å²) >= 11 is 0. The minimum absolute atomic E-state index is 0.307. The molecule has 0 aliphatic heterocycles. The van der Waals surface area contributed by atoms with Gasteiger partial charge in [-0.15, -0.1) is 0 Å². The van der Waals surface area contributed by atoms with E-state index in [9.17, 15) is 4.79 Å². The second kappa shape index (κ2) is 4.45. The minimum Gasteiger partial charge on any atom is -0.465 e. The average Bonchev–Trinajstić information content (AvgIpc) is 1.85. The summed E-state index contributed by atoms with van der Waals surface area (Å²) in [6.07, 6.45) is 0.659. The van der Waals surface area contributed by atoms with Gasteiger partial charge in [0.2, 0.25) is 0 Å². The monoisotopic (exact) mass is 173 g/mol. The van der Waals surface area contributed by atoms with Crippen molar-refractivity contribution in [1.29, 1.82) is 0 Å². The number of carbonyl (C=O) groups is 1. The van der Waals surface area contributed by atoms with Crippen LogP contribution in [0.15, 0.2) is 0 Å². The third kappa shape index (κ3) is 3.72. The number of rotatable bonds is 4. The SMILES string of the molecule is CCOC(=O)[C@](C)(N)CC(C)C. The van der Waals surface area contributed by atoms with Crippen LogP contribution in [0.3, 0.4) is 0 Å². The van der Waals surface area contributed by atoms with Crippen molar-refractivity contribution in [3.8, 4) is 0 Å². The van der Waals surface area contributed by atoms with E-state index >= 15 is 0 Å². The molecular weight excluding hydrogens is 154 g/mol. The standard InChI is InChI=1S/C9H19NO2/c1-5-12-8(11)9(4,10)6-7(2)3/h7H,5-6,10H2,1-4H3/t9-/m1/s1. The van der Waals surface area contributed by atoms with Crippen LogP contribution in [-0.4, -0.2) is 18.1 Å². The fourth-order valence-corrected chi connectivity index (χ4v) is 1.23. The quantitative estimate of drug-likeness (QED) is 0.652. The Labute approximate surface area is 74.3 Å². The second-order valence-corrected chi connectivity index (χ2v) is 3.74. The van der Waals surface area contributed by atoms with Crippen LogP contribution >= 0.6 is 0 Å². The van der Waals surface area contributed by atoms with Crippen molar-refractivity contribution in [2.24, 2.45) is 11.7 Å². The Morgan fingerprint density at radius 2 is 2.08 bits per heavy atom. The number of ether oxygens (including phenoxy) is 1. The first kappa shape index (κ1) is 11.4. The number of hydrogen-bond acceptors (Lipinski definition) is 3. The molecule has 0 aliphatic rings. The molecule has 12 heavy (non-hydrogen) atoms. The Hall–Kier alpha value is -0.570. The molecule has 72 valence electrons. The highest BCUT2D eigenvalue weighted by atomic mass is 16.5. The van der Waals surface area contributed by atoms with Gasteiger partial charge in [-0.1, -0.05) is 13.8 Å². The van der Waals surface area contributed by atoms with Crippen molar-refractivity contribution in [1.82, 2.24) is 0 Å². The summed E-state index contributed by atoms with van der Waals surface area (Å²) in [5.41, 5.74) is 4.94. The highest BCUT2D eigenvalue weighted by molar-refractivity contribution is 5.79. The van der Waals surface area contributed by atoms with Crippen LogP contribution in [0.25, 0.3) is 0 Å². The largest absolute Gasteiger partial charge is 0.465 e. The molecule has 3 heteroatoms. The first-order valence-corrected chi connectivity index (χ1v) is 4.36. The molecular formula is C9H19NO2. The van der Waals surface area contributed by atoms with Crippen LogP contribution in [-0.2, 0) is 9.53 Å². The summed E-state index contributed by atoms with van der Waals surface area (Å²) in [4.78, 5) is 11.3. The van der Waals surface area contributed by atoms with Crippen LogP contribution in [0.2, 0.25) is 0 Å². The van der Waals surface area contributed by atoms with Gasteiger partial charge < -0.3 is 10.5 Å².